The van der Waals surface area contributed by atoms with E-state index in [1.807, 2.05) is 13.0 Å². The van der Waals surface area contributed by atoms with Crippen LogP contribution in [0, 0.1) is 19.3 Å². The van der Waals surface area contributed by atoms with Gasteiger partial charge in [-0.05, 0) is 36.8 Å². The van der Waals surface area contributed by atoms with Crippen LogP contribution in [0.3, 0.4) is 0 Å². The molecule has 0 fully saturated rings. The van der Waals surface area contributed by atoms with Crippen LogP contribution in [0.2, 0.25) is 0 Å². The third-order valence-corrected chi connectivity index (χ3v) is 3.06. The Morgan fingerprint density at radius 1 is 1.50 bits per heavy atom. The molecule has 1 aromatic rings. The van der Waals surface area contributed by atoms with Crippen molar-refractivity contribution in [1.82, 2.24) is 0 Å². The molecule has 0 aliphatic rings. The molecule has 74 valence electrons. The number of anilines is 1. The van der Waals surface area contributed by atoms with E-state index in [4.69, 9.17) is 12.2 Å². The van der Waals surface area contributed by atoms with Crippen LogP contribution in [-0.4, -0.2) is 5.75 Å². The Morgan fingerprint density at radius 3 is 2.93 bits per heavy atom. The molecule has 2 N–H and O–H groups in total. The van der Waals surface area contributed by atoms with Crippen LogP contribution >= 0.6 is 11.8 Å². The number of unbranched alkanes of at least 4 members (excludes halogenated alkanes) is 1. The quantitative estimate of drug-likeness (QED) is 0.354. The first-order valence-electron chi connectivity index (χ1n) is 4.66. The molecule has 0 spiro atoms. The lowest BCUT2D eigenvalue weighted by Gasteiger charge is -2.05. The van der Waals surface area contributed by atoms with Crippen molar-refractivity contribution in [2.45, 2.75) is 24.7 Å². The summed E-state index contributed by atoms with van der Waals surface area (Å²) in [5, 5.41) is 0. The van der Waals surface area contributed by atoms with Gasteiger partial charge in [0.2, 0.25) is 0 Å². The SMILES string of the molecule is C#CCCCSc1ccc(C)cc1N. The van der Waals surface area contributed by atoms with Crippen LogP contribution in [0.25, 0.3) is 0 Å². The van der Waals surface area contributed by atoms with Crippen LogP contribution < -0.4 is 5.73 Å². The molecule has 1 nitrogen and oxygen atoms in total. The first-order valence-corrected chi connectivity index (χ1v) is 5.65. The number of terminal acetylenes is 1. The molecule has 1 aromatic carbocycles. The smallest absolute Gasteiger partial charge is 0.0454 e. The minimum Gasteiger partial charge on any atom is -0.398 e. The Labute approximate surface area is 90.1 Å². The summed E-state index contributed by atoms with van der Waals surface area (Å²) in [6, 6.07) is 6.16. The molecule has 2 heteroatoms. The fourth-order valence-electron chi connectivity index (χ4n) is 1.16. The lowest BCUT2D eigenvalue weighted by molar-refractivity contribution is 0.997. The predicted octanol–water partition coefficient (Wildman–Crippen LogP) is 3.08. The standard InChI is InChI=1S/C12H15NS/c1-3-4-5-8-14-12-7-6-10(2)9-11(12)13/h1,6-7,9H,4-5,8,13H2,2H3. The van der Waals surface area contributed by atoms with Gasteiger partial charge in [-0.3, -0.25) is 0 Å². The second-order valence-corrected chi connectivity index (χ2v) is 4.33. The van der Waals surface area contributed by atoms with E-state index in [1.54, 1.807) is 11.8 Å². The zero-order valence-corrected chi connectivity index (χ0v) is 9.23. The summed E-state index contributed by atoms with van der Waals surface area (Å²) in [5.41, 5.74) is 7.95. The molecular weight excluding hydrogens is 190 g/mol. The molecule has 0 amide bonds. The minimum atomic E-state index is 0.846. The molecule has 14 heavy (non-hydrogen) atoms. The zero-order valence-electron chi connectivity index (χ0n) is 8.42. The maximum Gasteiger partial charge on any atom is 0.0454 e. The summed E-state index contributed by atoms with van der Waals surface area (Å²) >= 11 is 1.78. The number of aryl methyl sites for hydroxylation is 1. The summed E-state index contributed by atoms with van der Waals surface area (Å²) in [4.78, 5) is 1.16. The van der Waals surface area contributed by atoms with Gasteiger partial charge in [-0.25, -0.2) is 0 Å². The molecule has 1 rings (SSSR count). The van der Waals surface area contributed by atoms with E-state index in [0.717, 1.165) is 29.2 Å². The van der Waals surface area contributed by atoms with E-state index >= 15 is 0 Å². The summed E-state index contributed by atoms with van der Waals surface area (Å²) in [5.74, 6) is 3.67. The van der Waals surface area contributed by atoms with Crippen LogP contribution in [-0.2, 0) is 0 Å². The molecule has 0 radical (unpaired) electrons. The highest BCUT2D eigenvalue weighted by atomic mass is 32.2. The lowest BCUT2D eigenvalue weighted by atomic mass is 10.2. The van der Waals surface area contributed by atoms with Crippen molar-refractivity contribution in [1.29, 1.82) is 0 Å². The zero-order chi connectivity index (χ0) is 10.4. The average molecular weight is 205 g/mol. The highest BCUT2D eigenvalue weighted by molar-refractivity contribution is 7.99. The van der Waals surface area contributed by atoms with Crippen molar-refractivity contribution in [3.63, 3.8) is 0 Å². The average Bonchev–Trinajstić information content (AvgIpc) is 2.15. The molecule has 0 bridgehead atoms. The first kappa shape index (κ1) is 11.0. The number of thioether (sulfide) groups is 1. The van der Waals surface area contributed by atoms with Crippen molar-refractivity contribution in [2.24, 2.45) is 0 Å². The fourth-order valence-corrected chi connectivity index (χ4v) is 2.05. The summed E-state index contributed by atoms with van der Waals surface area (Å²) in [7, 11) is 0. The highest BCUT2D eigenvalue weighted by Gasteiger charge is 1.99. The molecule has 0 aromatic heterocycles. The van der Waals surface area contributed by atoms with Gasteiger partial charge in [0.25, 0.3) is 0 Å². The van der Waals surface area contributed by atoms with Crippen molar-refractivity contribution in [2.75, 3.05) is 11.5 Å². The molecule has 0 heterocycles. The van der Waals surface area contributed by atoms with Gasteiger partial charge >= 0.3 is 0 Å². The van der Waals surface area contributed by atoms with Gasteiger partial charge in [-0.15, -0.1) is 24.1 Å². The number of nitrogen functional groups attached to an aromatic ring is 1. The van der Waals surface area contributed by atoms with E-state index in [-0.39, 0.29) is 0 Å². The van der Waals surface area contributed by atoms with Crippen LogP contribution in [0.1, 0.15) is 18.4 Å². The maximum atomic E-state index is 5.87. The molecule has 0 saturated heterocycles. The van der Waals surface area contributed by atoms with Gasteiger partial charge in [0.15, 0.2) is 0 Å². The predicted molar refractivity (Wildman–Crippen MR) is 64.4 cm³/mol. The third kappa shape index (κ3) is 3.35. The molecule has 0 saturated carbocycles. The van der Waals surface area contributed by atoms with Crippen LogP contribution in [0.4, 0.5) is 5.69 Å². The highest BCUT2D eigenvalue weighted by Crippen LogP contribution is 2.26. The maximum absolute atomic E-state index is 5.87. The van der Waals surface area contributed by atoms with Gasteiger partial charge in [-0.1, -0.05) is 6.07 Å². The number of hydrogen-bond acceptors (Lipinski definition) is 2. The Morgan fingerprint density at radius 2 is 2.29 bits per heavy atom. The lowest BCUT2D eigenvalue weighted by Crippen LogP contribution is -1.90. The van der Waals surface area contributed by atoms with E-state index in [0.29, 0.717) is 0 Å². The van der Waals surface area contributed by atoms with Crippen molar-refractivity contribution < 1.29 is 0 Å². The van der Waals surface area contributed by atoms with Crippen molar-refractivity contribution in [3.05, 3.63) is 23.8 Å². The summed E-state index contributed by atoms with van der Waals surface area (Å²) in [6.07, 6.45) is 7.07. The largest absolute Gasteiger partial charge is 0.398 e. The molecule has 0 unspecified atom stereocenters. The second kappa shape index (κ2) is 5.62. The summed E-state index contributed by atoms with van der Waals surface area (Å²) in [6.45, 7) is 2.04. The molecule has 0 aliphatic heterocycles. The number of hydrogen-bond donors (Lipinski definition) is 1. The Bertz CT molecular complexity index is 339. The number of nitrogens with two attached hydrogens (primary N) is 1. The monoisotopic (exact) mass is 205 g/mol. The van der Waals surface area contributed by atoms with Gasteiger partial charge < -0.3 is 5.73 Å². The normalized spacial score (nSPS) is 9.71. The van der Waals surface area contributed by atoms with E-state index in [1.165, 1.54) is 5.56 Å². The summed E-state index contributed by atoms with van der Waals surface area (Å²) < 4.78 is 0. The van der Waals surface area contributed by atoms with E-state index < -0.39 is 0 Å². The molecular formula is C12H15NS. The second-order valence-electron chi connectivity index (χ2n) is 3.20. The van der Waals surface area contributed by atoms with E-state index in [9.17, 15) is 0 Å². The van der Waals surface area contributed by atoms with Gasteiger partial charge in [0.1, 0.15) is 0 Å². The first-order chi connectivity index (χ1) is 6.74. The third-order valence-electron chi connectivity index (χ3n) is 1.89. The Kier molecular flexibility index (Phi) is 4.42. The number of rotatable bonds is 4. The fraction of sp³-hybridized carbons (Fsp3) is 0.333. The number of benzene rings is 1. The molecule has 0 atom stereocenters. The minimum absolute atomic E-state index is 0.846. The van der Waals surface area contributed by atoms with Gasteiger partial charge in [0, 0.05) is 17.0 Å². The van der Waals surface area contributed by atoms with Crippen molar-refractivity contribution in [3.8, 4) is 12.3 Å². The Balaban J connectivity index is 2.47. The van der Waals surface area contributed by atoms with Crippen molar-refractivity contribution >= 4 is 17.4 Å². The van der Waals surface area contributed by atoms with Crippen LogP contribution in [0.5, 0.6) is 0 Å². The van der Waals surface area contributed by atoms with Gasteiger partial charge in [0.05, 0.1) is 0 Å². The Hall–Kier alpha value is -1.07. The molecule has 0 aliphatic carbocycles. The van der Waals surface area contributed by atoms with E-state index in [2.05, 4.69) is 18.1 Å². The van der Waals surface area contributed by atoms with Crippen LogP contribution in [0.15, 0.2) is 23.1 Å². The topological polar surface area (TPSA) is 26.0 Å². The van der Waals surface area contributed by atoms with Gasteiger partial charge in [-0.2, -0.15) is 0 Å².